The Morgan fingerprint density at radius 3 is 2.17 bits per heavy atom. The lowest BCUT2D eigenvalue weighted by molar-refractivity contribution is -0.158. The van der Waals surface area contributed by atoms with Crippen molar-refractivity contribution >= 4 is 23.4 Å². The summed E-state index contributed by atoms with van der Waals surface area (Å²) in [4.78, 5) is 51.0. The van der Waals surface area contributed by atoms with Crippen molar-refractivity contribution in [3.8, 4) is 5.75 Å². The number of hydrogen-bond donors (Lipinski definition) is 2. The highest BCUT2D eigenvalue weighted by molar-refractivity contribution is 6.26. The summed E-state index contributed by atoms with van der Waals surface area (Å²) in [5.74, 6) is -1.15. The number of ether oxygens (including phenoxy) is 1. The first kappa shape index (κ1) is 25.9. The summed E-state index contributed by atoms with van der Waals surface area (Å²) in [5, 5.41) is 12.2. The lowest BCUT2D eigenvalue weighted by Gasteiger charge is -2.25. The van der Waals surface area contributed by atoms with Crippen molar-refractivity contribution in [2.24, 2.45) is 0 Å². The molecular formula is C28H31NO6. The molecule has 2 aromatic rings. The van der Waals surface area contributed by atoms with E-state index in [4.69, 9.17) is 4.74 Å². The molecule has 184 valence electrons. The fourth-order valence-corrected chi connectivity index (χ4v) is 3.98. The van der Waals surface area contributed by atoms with Gasteiger partial charge in [0, 0.05) is 35.1 Å². The molecule has 0 aliphatic heterocycles. The maximum absolute atomic E-state index is 12.9. The van der Waals surface area contributed by atoms with Gasteiger partial charge in [0.15, 0.2) is 11.6 Å². The first-order chi connectivity index (χ1) is 16.5. The fraction of sp³-hybridized carbons (Fsp3) is 0.357. The van der Waals surface area contributed by atoms with Crippen molar-refractivity contribution in [3.63, 3.8) is 0 Å². The van der Waals surface area contributed by atoms with E-state index in [9.17, 15) is 24.3 Å². The van der Waals surface area contributed by atoms with Gasteiger partial charge in [-0.15, -0.1) is 0 Å². The van der Waals surface area contributed by atoms with Crippen molar-refractivity contribution < 1.29 is 29.0 Å². The molecule has 0 saturated carbocycles. The van der Waals surface area contributed by atoms with Crippen molar-refractivity contribution in [1.29, 1.82) is 0 Å². The third-order valence-electron chi connectivity index (χ3n) is 5.72. The van der Waals surface area contributed by atoms with Gasteiger partial charge in [0.2, 0.25) is 5.91 Å². The molecule has 1 amide bonds. The second-order valence-corrected chi connectivity index (χ2v) is 9.69. The van der Waals surface area contributed by atoms with Crippen LogP contribution in [0.25, 0.3) is 0 Å². The molecule has 3 rings (SSSR count). The highest BCUT2D eigenvalue weighted by Crippen LogP contribution is 2.28. The third-order valence-corrected chi connectivity index (χ3v) is 5.72. The number of aromatic hydroxyl groups is 1. The molecule has 0 heterocycles. The number of allylic oxidation sites excluding steroid dienone is 2. The van der Waals surface area contributed by atoms with Crippen LogP contribution in [0.5, 0.6) is 5.75 Å². The Kier molecular flexibility index (Phi) is 7.89. The Hall–Kier alpha value is -3.74. The topological polar surface area (TPSA) is 110 Å². The summed E-state index contributed by atoms with van der Waals surface area (Å²) >= 11 is 0. The molecule has 1 aliphatic carbocycles. The molecule has 0 bridgehead atoms. The van der Waals surface area contributed by atoms with E-state index in [0.29, 0.717) is 28.7 Å². The van der Waals surface area contributed by atoms with Gasteiger partial charge < -0.3 is 15.2 Å². The van der Waals surface area contributed by atoms with Gasteiger partial charge in [-0.1, -0.05) is 36.4 Å². The Bertz CT molecular complexity index is 1170. The number of hydrogen-bond acceptors (Lipinski definition) is 6. The first-order valence-electron chi connectivity index (χ1n) is 11.6. The minimum Gasteiger partial charge on any atom is -0.508 e. The maximum atomic E-state index is 12.9. The number of fused-ring (bicyclic) bond motifs is 1. The molecular weight excluding hydrogens is 446 g/mol. The maximum Gasteiger partial charge on any atom is 0.329 e. The second kappa shape index (κ2) is 10.7. The van der Waals surface area contributed by atoms with Crippen LogP contribution >= 0.6 is 0 Å². The second-order valence-electron chi connectivity index (χ2n) is 9.69. The van der Waals surface area contributed by atoms with Gasteiger partial charge in [0.05, 0.1) is 0 Å². The summed E-state index contributed by atoms with van der Waals surface area (Å²) in [6, 6.07) is 12.2. The van der Waals surface area contributed by atoms with E-state index in [0.717, 1.165) is 5.56 Å². The van der Waals surface area contributed by atoms with Crippen LogP contribution in [0, 0.1) is 0 Å². The number of phenolic OH excluding ortho intramolecular Hbond substituents is 1. The zero-order chi connectivity index (χ0) is 25.8. The van der Waals surface area contributed by atoms with Crippen LogP contribution in [-0.4, -0.2) is 40.2 Å². The fourth-order valence-electron chi connectivity index (χ4n) is 3.98. The molecule has 0 unspecified atom stereocenters. The predicted octanol–water partition coefficient (Wildman–Crippen LogP) is 4.33. The number of carbonyl (C=O) groups excluding carboxylic acids is 4. The quantitative estimate of drug-likeness (QED) is 0.548. The Morgan fingerprint density at radius 2 is 1.57 bits per heavy atom. The van der Waals surface area contributed by atoms with E-state index in [1.807, 2.05) is 0 Å². The van der Waals surface area contributed by atoms with E-state index in [-0.39, 0.29) is 42.5 Å². The summed E-state index contributed by atoms with van der Waals surface area (Å²) < 4.78 is 5.48. The van der Waals surface area contributed by atoms with E-state index in [1.54, 1.807) is 64.1 Å². The average molecular weight is 478 g/mol. The van der Waals surface area contributed by atoms with Gasteiger partial charge in [-0.3, -0.25) is 14.4 Å². The molecule has 2 aromatic carbocycles. The highest BCUT2D eigenvalue weighted by Gasteiger charge is 2.30. The molecule has 7 heteroatoms. The third kappa shape index (κ3) is 6.66. The number of carbonyl (C=O) groups is 4. The van der Waals surface area contributed by atoms with Crippen molar-refractivity contribution in [2.75, 3.05) is 0 Å². The smallest absolute Gasteiger partial charge is 0.329 e. The number of amides is 1. The average Bonchev–Trinajstić information content (AvgIpc) is 2.79. The van der Waals surface area contributed by atoms with Crippen LogP contribution in [0.4, 0.5) is 0 Å². The van der Waals surface area contributed by atoms with Gasteiger partial charge in [0.25, 0.3) is 0 Å². The Balaban J connectivity index is 1.64. The Morgan fingerprint density at radius 1 is 0.971 bits per heavy atom. The van der Waals surface area contributed by atoms with E-state index in [2.05, 4.69) is 5.32 Å². The SMILES string of the molecule is CC1=C(CCCC(=O)N[C@@H](Cc2ccc(O)cc2)C(=O)OC(C)(C)C)C(=O)c2ccccc2C1=O. The minimum atomic E-state index is -0.906. The van der Waals surface area contributed by atoms with E-state index < -0.39 is 17.6 Å². The molecule has 0 saturated heterocycles. The number of Topliss-reactive ketones (excluding diaryl/α,β-unsaturated/α-hetero) is 2. The molecule has 1 atom stereocenters. The van der Waals surface area contributed by atoms with Crippen LogP contribution in [0.15, 0.2) is 59.7 Å². The largest absolute Gasteiger partial charge is 0.508 e. The Labute approximate surface area is 205 Å². The minimum absolute atomic E-state index is 0.0781. The lowest BCUT2D eigenvalue weighted by atomic mass is 9.83. The summed E-state index contributed by atoms with van der Waals surface area (Å²) in [6.07, 6.45) is 0.914. The van der Waals surface area contributed by atoms with Crippen LogP contribution in [0.1, 0.15) is 73.2 Å². The number of benzene rings is 2. The van der Waals surface area contributed by atoms with Crippen molar-refractivity contribution in [3.05, 3.63) is 76.4 Å². The van der Waals surface area contributed by atoms with Crippen LogP contribution in [0.3, 0.4) is 0 Å². The van der Waals surface area contributed by atoms with Crippen LogP contribution < -0.4 is 5.32 Å². The normalized spacial score (nSPS) is 14.4. The monoisotopic (exact) mass is 477 g/mol. The predicted molar refractivity (Wildman–Crippen MR) is 131 cm³/mol. The molecule has 2 N–H and O–H groups in total. The molecule has 35 heavy (non-hydrogen) atoms. The summed E-state index contributed by atoms with van der Waals surface area (Å²) in [7, 11) is 0. The standard InChI is InChI=1S/C28H31NO6/c1-17-20(26(33)22-9-6-5-8-21(22)25(17)32)10-7-11-24(31)29-23(27(34)35-28(2,3)4)16-18-12-14-19(30)15-13-18/h5-6,8-9,12-15,23,30H,7,10-11,16H2,1-4H3,(H,29,31)/t23-/m0/s1. The molecule has 0 aromatic heterocycles. The zero-order valence-electron chi connectivity index (χ0n) is 20.5. The lowest BCUT2D eigenvalue weighted by Crippen LogP contribution is -2.45. The zero-order valence-corrected chi connectivity index (χ0v) is 20.5. The van der Waals surface area contributed by atoms with Gasteiger partial charge >= 0.3 is 5.97 Å². The number of esters is 1. The summed E-state index contributed by atoms with van der Waals surface area (Å²) in [5.41, 5.74) is 1.67. The molecule has 0 radical (unpaired) electrons. The van der Waals surface area contributed by atoms with Crippen LogP contribution in [-0.2, 0) is 20.7 Å². The van der Waals surface area contributed by atoms with Gasteiger partial charge in [0.1, 0.15) is 17.4 Å². The van der Waals surface area contributed by atoms with Gasteiger partial charge in [-0.05, 0) is 58.2 Å². The molecule has 0 spiro atoms. The number of ketones is 2. The van der Waals surface area contributed by atoms with E-state index in [1.165, 1.54) is 12.1 Å². The number of phenols is 1. The molecule has 0 fully saturated rings. The highest BCUT2D eigenvalue weighted by atomic mass is 16.6. The van der Waals surface area contributed by atoms with Gasteiger partial charge in [-0.2, -0.15) is 0 Å². The van der Waals surface area contributed by atoms with Crippen molar-refractivity contribution in [1.82, 2.24) is 5.32 Å². The molecule has 7 nitrogen and oxygen atoms in total. The van der Waals surface area contributed by atoms with Crippen molar-refractivity contribution in [2.45, 2.75) is 65.0 Å². The van der Waals surface area contributed by atoms with Crippen LogP contribution in [0.2, 0.25) is 0 Å². The summed E-state index contributed by atoms with van der Waals surface area (Å²) in [6.45, 7) is 6.89. The number of nitrogens with one attached hydrogen (secondary N) is 1. The number of rotatable bonds is 8. The first-order valence-corrected chi connectivity index (χ1v) is 11.6. The molecule has 1 aliphatic rings. The van der Waals surface area contributed by atoms with Gasteiger partial charge in [-0.25, -0.2) is 4.79 Å². The van der Waals surface area contributed by atoms with E-state index >= 15 is 0 Å².